The van der Waals surface area contributed by atoms with Gasteiger partial charge in [-0.15, -0.1) is 0 Å². The van der Waals surface area contributed by atoms with E-state index in [-0.39, 0.29) is 0 Å². The molecule has 0 bridgehead atoms. The first-order valence-corrected chi connectivity index (χ1v) is 7.43. The first-order chi connectivity index (χ1) is 9.74. The van der Waals surface area contributed by atoms with Crippen molar-refractivity contribution in [3.63, 3.8) is 0 Å². The summed E-state index contributed by atoms with van der Waals surface area (Å²) >= 11 is 9.67. The van der Waals surface area contributed by atoms with E-state index in [1.165, 1.54) is 0 Å². The van der Waals surface area contributed by atoms with Crippen molar-refractivity contribution >= 4 is 44.1 Å². The van der Waals surface area contributed by atoms with Crippen LogP contribution in [0.4, 0.5) is 5.69 Å². The van der Waals surface area contributed by atoms with Crippen LogP contribution in [0.1, 0.15) is 5.56 Å². The number of halogens is 2. The van der Waals surface area contributed by atoms with Gasteiger partial charge in [0.05, 0.1) is 5.52 Å². The predicted molar refractivity (Wildman–Crippen MR) is 88.2 cm³/mol. The van der Waals surface area contributed by atoms with Crippen LogP contribution in [0.25, 0.3) is 10.9 Å². The maximum absolute atomic E-state index is 6.21. The monoisotopic (exact) mass is 346 g/mol. The Morgan fingerprint density at radius 1 is 1.10 bits per heavy atom. The van der Waals surface area contributed by atoms with Crippen LogP contribution in [0.2, 0.25) is 5.02 Å². The molecule has 100 valence electrons. The number of rotatable bonds is 3. The molecule has 1 N–H and O–H groups in total. The zero-order valence-electron chi connectivity index (χ0n) is 10.6. The third-order valence-corrected chi connectivity index (χ3v) is 3.98. The molecule has 0 unspecified atom stereocenters. The molecule has 20 heavy (non-hydrogen) atoms. The number of aromatic nitrogens is 1. The summed E-state index contributed by atoms with van der Waals surface area (Å²) in [5.41, 5.74) is 3.10. The largest absolute Gasteiger partial charge is 0.380 e. The standard InChI is InChI=1S/C16H12BrClN2/c17-12-6-7-14(18)11(9-12)10-20-16-5-1-4-15-13(16)3-2-8-19-15/h1-9,20H,10H2. The van der Waals surface area contributed by atoms with E-state index in [2.05, 4.69) is 38.4 Å². The minimum absolute atomic E-state index is 0.673. The number of hydrogen-bond acceptors (Lipinski definition) is 2. The van der Waals surface area contributed by atoms with Gasteiger partial charge in [-0.05, 0) is 48.0 Å². The van der Waals surface area contributed by atoms with Crippen LogP contribution in [0, 0.1) is 0 Å². The summed E-state index contributed by atoms with van der Waals surface area (Å²) in [4.78, 5) is 4.35. The molecule has 0 radical (unpaired) electrons. The van der Waals surface area contributed by atoms with Gasteiger partial charge in [0.2, 0.25) is 0 Å². The van der Waals surface area contributed by atoms with Crippen molar-refractivity contribution < 1.29 is 0 Å². The molecule has 0 aliphatic heterocycles. The van der Waals surface area contributed by atoms with Crippen molar-refractivity contribution in [2.24, 2.45) is 0 Å². The number of fused-ring (bicyclic) bond motifs is 1. The molecule has 0 amide bonds. The van der Waals surface area contributed by atoms with Crippen molar-refractivity contribution in [3.8, 4) is 0 Å². The van der Waals surface area contributed by atoms with Crippen molar-refractivity contribution in [2.45, 2.75) is 6.54 Å². The Labute approximate surface area is 130 Å². The van der Waals surface area contributed by atoms with Gasteiger partial charge in [0.15, 0.2) is 0 Å². The molecule has 1 aromatic heterocycles. The van der Waals surface area contributed by atoms with E-state index >= 15 is 0 Å². The fraction of sp³-hybridized carbons (Fsp3) is 0.0625. The lowest BCUT2D eigenvalue weighted by molar-refractivity contribution is 1.15. The summed E-state index contributed by atoms with van der Waals surface area (Å²) in [6.07, 6.45) is 1.80. The second-order valence-corrected chi connectivity index (χ2v) is 5.79. The lowest BCUT2D eigenvalue weighted by atomic mass is 10.1. The third-order valence-electron chi connectivity index (χ3n) is 3.12. The van der Waals surface area contributed by atoms with Crippen molar-refractivity contribution in [3.05, 3.63) is 69.8 Å². The van der Waals surface area contributed by atoms with Crippen LogP contribution in [0.5, 0.6) is 0 Å². The Balaban J connectivity index is 1.89. The van der Waals surface area contributed by atoms with Gasteiger partial charge < -0.3 is 5.32 Å². The van der Waals surface area contributed by atoms with E-state index in [1.807, 2.05) is 36.4 Å². The number of nitrogens with one attached hydrogen (secondary N) is 1. The van der Waals surface area contributed by atoms with Gasteiger partial charge in [-0.3, -0.25) is 4.98 Å². The third kappa shape index (κ3) is 2.79. The Hall–Kier alpha value is -1.58. The summed E-state index contributed by atoms with van der Waals surface area (Å²) in [5.74, 6) is 0. The molecule has 4 heteroatoms. The molecule has 2 aromatic carbocycles. The van der Waals surface area contributed by atoms with Crippen LogP contribution < -0.4 is 5.32 Å². The van der Waals surface area contributed by atoms with Gasteiger partial charge in [-0.25, -0.2) is 0 Å². The lowest BCUT2D eigenvalue weighted by Crippen LogP contribution is -2.01. The highest BCUT2D eigenvalue weighted by Crippen LogP contribution is 2.25. The highest BCUT2D eigenvalue weighted by atomic mass is 79.9. The van der Waals surface area contributed by atoms with Crippen LogP contribution >= 0.6 is 27.5 Å². The molecule has 0 fully saturated rings. The molecule has 3 aromatic rings. The van der Waals surface area contributed by atoms with Gasteiger partial charge in [0.25, 0.3) is 0 Å². The Kier molecular flexibility index (Phi) is 3.90. The van der Waals surface area contributed by atoms with Crippen LogP contribution in [0.3, 0.4) is 0 Å². The maximum Gasteiger partial charge on any atom is 0.0722 e. The zero-order valence-corrected chi connectivity index (χ0v) is 12.9. The van der Waals surface area contributed by atoms with E-state index in [4.69, 9.17) is 11.6 Å². The van der Waals surface area contributed by atoms with Crippen LogP contribution in [-0.4, -0.2) is 4.98 Å². The molecule has 2 nitrogen and oxygen atoms in total. The minimum Gasteiger partial charge on any atom is -0.380 e. The summed E-state index contributed by atoms with van der Waals surface area (Å²) < 4.78 is 1.03. The summed E-state index contributed by atoms with van der Waals surface area (Å²) in [7, 11) is 0. The van der Waals surface area contributed by atoms with Gasteiger partial charge in [-0.2, -0.15) is 0 Å². The Bertz CT molecular complexity index is 753. The predicted octanol–water partition coefficient (Wildman–Crippen LogP) is 5.26. The zero-order chi connectivity index (χ0) is 13.9. The summed E-state index contributed by atoms with van der Waals surface area (Å²) in [5, 5.41) is 5.30. The fourth-order valence-electron chi connectivity index (χ4n) is 2.13. The maximum atomic E-state index is 6.21. The van der Waals surface area contributed by atoms with Crippen molar-refractivity contribution in [1.82, 2.24) is 4.98 Å². The topological polar surface area (TPSA) is 24.9 Å². The van der Waals surface area contributed by atoms with Crippen LogP contribution in [0.15, 0.2) is 59.2 Å². The summed E-state index contributed by atoms with van der Waals surface area (Å²) in [6, 6.07) is 15.9. The first-order valence-electron chi connectivity index (χ1n) is 6.25. The SMILES string of the molecule is Clc1ccc(Br)cc1CNc1cccc2ncccc12. The lowest BCUT2D eigenvalue weighted by Gasteiger charge is -2.11. The second kappa shape index (κ2) is 5.81. The Morgan fingerprint density at radius 2 is 2.00 bits per heavy atom. The molecule has 0 spiro atoms. The van der Waals surface area contributed by atoms with E-state index in [0.29, 0.717) is 6.54 Å². The molecule has 3 rings (SSSR count). The number of benzene rings is 2. The van der Waals surface area contributed by atoms with Crippen molar-refractivity contribution in [1.29, 1.82) is 0 Å². The highest BCUT2D eigenvalue weighted by molar-refractivity contribution is 9.10. The number of nitrogens with zero attached hydrogens (tertiary/aromatic N) is 1. The molecule has 0 saturated carbocycles. The van der Waals surface area contributed by atoms with E-state index in [1.54, 1.807) is 6.20 Å². The second-order valence-electron chi connectivity index (χ2n) is 4.46. The molecule has 1 heterocycles. The average molecular weight is 348 g/mol. The Morgan fingerprint density at radius 3 is 2.90 bits per heavy atom. The smallest absolute Gasteiger partial charge is 0.0722 e. The molecule has 0 aliphatic rings. The fourth-order valence-corrected chi connectivity index (χ4v) is 2.72. The number of hydrogen-bond donors (Lipinski definition) is 1. The average Bonchev–Trinajstić information content (AvgIpc) is 2.48. The first kappa shape index (κ1) is 13.4. The molecular formula is C16H12BrClN2. The minimum atomic E-state index is 0.673. The van der Waals surface area contributed by atoms with Gasteiger partial charge in [-0.1, -0.05) is 33.6 Å². The quantitative estimate of drug-likeness (QED) is 0.699. The van der Waals surface area contributed by atoms with Gasteiger partial charge in [0, 0.05) is 33.3 Å². The van der Waals surface area contributed by atoms with E-state index in [0.717, 1.165) is 31.6 Å². The highest BCUT2D eigenvalue weighted by Gasteiger charge is 2.04. The van der Waals surface area contributed by atoms with Gasteiger partial charge in [0.1, 0.15) is 0 Å². The summed E-state index contributed by atoms with van der Waals surface area (Å²) in [6.45, 7) is 0.673. The molecular weight excluding hydrogens is 336 g/mol. The number of pyridine rings is 1. The number of anilines is 1. The van der Waals surface area contributed by atoms with Crippen molar-refractivity contribution in [2.75, 3.05) is 5.32 Å². The molecule has 0 saturated heterocycles. The van der Waals surface area contributed by atoms with E-state index in [9.17, 15) is 0 Å². The van der Waals surface area contributed by atoms with E-state index < -0.39 is 0 Å². The molecule has 0 atom stereocenters. The normalized spacial score (nSPS) is 10.7. The molecule has 0 aliphatic carbocycles. The van der Waals surface area contributed by atoms with Crippen LogP contribution in [-0.2, 0) is 6.54 Å². The van der Waals surface area contributed by atoms with Gasteiger partial charge >= 0.3 is 0 Å².